The van der Waals surface area contributed by atoms with Gasteiger partial charge in [-0.05, 0) is 60.7 Å². The Morgan fingerprint density at radius 2 is 1.16 bits per heavy atom. The molecule has 32 heavy (non-hydrogen) atoms. The van der Waals surface area contributed by atoms with Gasteiger partial charge in [0, 0.05) is 34.8 Å². The Morgan fingerprint density at radius 1 is 0.594 bits per heavy atom. The summed E-state index contributed by atoms with van der Waals surface area (Å²) in [7, 11) is 0. The number of anilines is 3. The summed E-state index contributed by atoms with van der Waals surface area (Å²) >= 11 is 28.7. The van der Waals surface area contributed by atoms with Crippen LogP contribution in [0, 0.1) is 0 Å². The van der Waals surface area contributed by atoms with Crippen LogP contribution in [0.25, 0.3) is 0 Å². The van der Waals surface area contributed by atoms with Crippen molar-refractivity contribution in [3.05, 3.63) is 99.0 Å². The molecule has 0 saturated heterocycles. The number of nitrogens with one attached hydrogen (secondary N) is 1. The lowest BCUT2D eigenvalue weighted by molar-refractivity contribution is 1.08. The van der Waals surface area contributed by atoms with Crippen molar-refractivity contribution >= 4 is 87.0 Å². The molecule has 0 unspecified atom stereocenters. The van der Waals surface area contributed by atoms with E-state index in [0.717, 1.165) is 22.0 Å². The number of benzene rings is 4. The molecule has 1 aliphatic rings. The summed E-state index contributed by atoms with van der Waals surface area (Å²) in [5, 5.41) is 4.12. The van der Waals surface area contributed by atoms with Crippen LogP contribution in [0.3, 0.4) is 0 Å². The molecule has 4 aromatic rings. The van der Waals surface area contributed by atoms with Gasteiger partial charge in [0.05, 0.1) is 22.0 Å². The number of fused-ring (bicyclic) bond motifs is 2. The van der Waals surface area contributed by atoms with Gasteiger partial charge in [-0.1, -0.05) is 88.1 Å². The van der Waals surface area contributed by atoms with Gasteiger partial charge in [-0.15, -0.1) is 0 Å². The first-order valence-electron chi connectivity index (χ1n) is 9.53. The number of nitrogens with zero attached hydrogens (tertiary/aromatic N) is 1. The standard InChI is InChI=1S/C24H14Cl4N2S2/c25-14-8-15(26)11-18(10-14)29-30(19-12-16(27)9-17(28)13-19)20-4-3-7-23-24(20)32-22-6-2-1-5-21(22)31-23/h1-13,29H. The normalized spacial score (nSPS) is 12.1. The second kappa shape index (κ2) is 9.30. The minimum atomic E-state index is 0.540. The zero-order valence-corrected chi connectivity index (χ0v) is 20.9. The van der Waals surface area contributed by atoms with Crippen molar-refractivity contribution < 1.29 is 0 Å². The smallest absolute Gasteiger partial charge is 0.0781 e. The molecular formula is C24H14Cl4N2S2. The first-order chi connectivity index (χ1) is 15.5. The molecule has 1 aliphatic heterocycles. The number of hydrogen-bond acceptors (Lipinski definition) is 4. The largest absolute Gasteiger partial charge is 0.294 e. The predicted molar refractivity (Wildman–Crippen MR) is 140 cm³/mol. The third-order valence-electron chi connectivity index (χ3n) is 4.69. The van der Waals surface area contributed by atoms with E-state index in [4.69, 9.17) is 46.4 Å². The number of halogens is 4. The van der Waals surface area contributed by atoms with E-state index in [1.54, 1.807) is 35.7 Å². The van der Waals surface area contributed by atoms with E-state index in [1.165, 1.54) is 14.7 Å². The number of hydrazine groups is 1. The van der Waals surface area contributed by atoms with Crippen molar-refractivity contribution in [1.29, 1.82) is 0 Å². The lowest BCUT2D eigenvalue weighted by Gasteiger charge is -2.31. The molecule has 0 fully saturated rings. The van der Waals surface area contributed by atoms with E-state index in [9.17, 15) is 0 Å². The van der Waals surface area contributed by atoms with Crippen LogP contribution >= 0.6 is 69.9 Å². The Balaban J connectivity index is 1.65. The van der Waals surface area contributed by atoms with Crippen molar-refractivity contribution in [2.24, 2.45) is 0 Å². The average molecular weight is 536 g/mol. The van der Waals surface area contributed by atoms with Gasteiger partial charge in [0.1, 0.15) is 0 Å². The third kappa shape index (κ3) is 4.67. The van der Waals surface area contributed by atoms with Crippen LogP contribution in [0.2, 0.25) is 20.1 Å². The number of hydrogen-bond donors (Lipinski definition) is 1. The van der Waals surface area contributed by atoms with Gasteiger partial charge in [-0.25, -0.2) is 0 Å². The predicted octanol–water partition coefficient (Wildman–Crippen LogP) is 10.1. The summed E-state index contributed by atoms with van der Waals surface area (Å²) in [6.07, 6.45) is 0. The van der Waals surface area contributed by atoms with Gasteiger partial charge in [-0.2, -0.15) is 0 Å². The van der Waals surface area contributed by atoms with E-state index in [1.807, 2.05) is 35.3 Å². The highest BCUT2D eigenvalue weighted by atomic mass is 35.5. The Bertz CT molecular complexity index is 1290. The van der Waals surface area contributed by atoms with E-state index in [2.05, 4.69) is 41.8 Å². The summed E-state index contributed by atoms with van der Waals surface area (Å²) < 4.78 is 0. The zero-order chi connectivity index (χ0) is 22.2. The Hall–Kier alpha value is -1.66. The zero-order valence-electron chi connectivity index (χ0n) is 16.3. The SMILES string of the molecule is Clc1cc(Cl)cc(NN(c2cc(Cl)cc(Cl)c2)c2cccc3c2Sc2ccccc2S3)c1. The molecule has 0 aromatic heterocycles. The van der Waals surface area contributed by atoms with E-state index in [0.29, 0.717) is 20.1 Å². The first-order valence-corrected chi connectivity index (χ1v) is 12.7. The maximum atomic E-state index is 6.35. The van der Waals surface area contributed by atoms with Crippen LogP contribution in [0.4, 0.5) is 17.1 Å². The first kappa shape index (κ1) is 22.1. The fourth-order valence-electron chi connectivity index (χ4n) is 3.39. The maximum Gasteiger partial charge on any atom is 0.0781 e. The Labute approximate surface area is 214 Å². The highest BCUT2D eigenvalue weighted by Crippen LogP contribution is 2.52. The second-order valence-corrected chi connectivity index (χ2v) is 10.9. The lowest BCUT2D eigenvalue weighted by atomic mass is 10.2. The lowest BCUT2D eigenvalue weighted by Crippen LogP contribution is -2.25. The molecule has 8 heteroatoms. The van der Waals surface area contributed by atoms with Crippen LogP contribution in [0.15, 0.2) is 98.4 Å². The van der Waals surface area contributed by atoms with Gasteiger partial charge >= 0.3 is 0 Å². The topological polar surface area (TPSA) is 15.3 Å². The van der Waals surface area contributed by atoms with Crippen LogP contribution < -0.4 is 10.4 Å². The van der Waals surface area contributed by atoms with Crippen molar-refractivity contribution in [3.63, 3.8) is 0 Å². The molecule has 0 saturated carbocycles. The summed E-state index contributed by atoms with van der Waals surface area (Å²) in [5.74, 6) is 0. The molecule has 0 spiro atoms. The molecule has 0 atom stereocenters. The minimum Gasteiger partial charge on any atom is -0.294 e. The molecule has 160 valence electrons. The van der Waals surface area contributed by atoms with Gasteiger partial charge in [0.2, 0.25) is 0 Å². The molecule has 4 aromatic carbocycles. The van der Waals surface area contributed by atoms with Crippen molar-refractivity contribution in [1.82, 2.24) is 0 Å². The summed E-state index contributed by atoms with van der Waals surface area (Å²) in [6.45, 7) is 0. The van der Waals surface area contributed by atoms with Crippen molar-refractivity contribution in [2.45, 2.75) is 19.6 Å². The van der Waals surface area contributed by atoms with E-state index < -0.39 is 0 Å². The molecule has 0 bridgehead atoms. The molecule has 0 amide bonds. The molecule has 0 radical (unpaired) electrons. The van der Waals surface area contributed by atoms with Crippen LogP contribution in [0.1, 0.15) is 0 Å². The fraction of sp³-hybridized carbons (Fsp3) is 0. The molecule has 1 N–H and O–H groups in total. The molecule has 1 heterocycles. The summed E-state index contributed by atoms with van der Waals surface area (Å²) in [6, 6.07) is 25.4. The Kier molecular flexibility index (Phi) is 6.44. The maximum absolute atomic E-state index is 6.35. The van der Waals surface area contributed by atoms with Gasteiger partial charge in [0.15, 0.2) is 0 Å². The van der Waals surface area contributed by atoms with E-state index in [-0.39, 0.29) is 0 Å². The minimum absolute atomic E-state index is 0.540. The number of rotatable bonds is 4. The summed E-state index contributed by atoms with van der Waals surface area (Å²) in [4.78, 5) is 4.77. The second-order valence-electron chi connectivity index (χ2n) is 6.99. The molecule has 5 rings (SSSR count). The summed E-state index contributed by atoms with van der Waals surface area (Å²) in [5.41, 5.74) is 5.94. The average Bonchev–Trinajstić information content (AvgIpc) is 2.74. The monoisotopic (exact) mass is 534 g/mol. The van der Waals surface area contributed by atoms with E-state index >= 15 is 0 Å². The highest BCUT2D eigenvalue weighted by Gasteiger charge is 2.23. The highest BCUT2D eigenvalue weighted by molar-refractivity contribution is 8.05. The Morgan fingerprint density at radius 3 is 1.81 bits per heavy atom. The molecular weight excluding hydrogens is 522 g/mol. The van der Waals surface area contributed by atoms with Gasteiger partial charge in [0.25, 0.3) is 0 Å². The van der Waals surface area contributed by atoms with Crippen molar-refractivity contribution in [3.8, 4) is 0 Å². The van der Waals surface area contributed by atoms with Gasteiger partial charge in [-0.3, -0.25) is 10.4 Å². The van der Waals surface area contributed by atoms with Crippen LogP contribution in [0.5, 0.6) is 0 Å². The third-order valence-corrected chi connectivity index (χ3v) is 8.17. The van der Waals surface area contributed by atoms with Crippen LogP contribution in [-0.2, 0) is 0 Å². The fourth-order valence-corrected chi connectivity index (χ4v) is 6.79. The van der Waals surface area contributed by atoms with Crippen LogP contribution in [-0.4, -0.2) is 0 Å². The van der Waals surface area contributed by atoms with Gasteiger partial charge < -0.3 is 0 Å². The van der Waals surface area contributed by atoms with Crippen molar-refractivity contribution in [2.75, 3.05) is 10.4 Å². The molecule has 2 nitrogen and oxygen atoms in total. The molecule has 0 aliphatic carbocycles. The quantitative estimate of drug-likeness (QED) is 0.230.